The van der Waals surface area contributed by atoms with E-state index in [2.05, 4.69) is 239 Å². The molecule has 0 aliphatic heterocycles. The molecule has 0 aliphatic carbocycles. The number of rotatable bonds is 9. The van der Waals surface area contributed by atoms with Crippen molar-refractivity contribution in [2.24, 2.45) is 0 Å². The number of para-hydroxylation sites is 5. The lowest BCUT2D eigenvalue weighted by Crippen LogP contribution is -2.13. The van der Waals surface area contributed by atoms with E-state index in [0.717, 1.165) is 73.1 Å². The second kappa shape index (κ2) is 14.7. The first-order valence-corrected chi connectivity index (χ1v) is 20.7. The molecule has 0 aliphatic rings. The number of hydrogen-bond donors (Lipinski definition) is 0. The van der Waals surface area contributed by atoms with Crippen molar-refractivity contribution in [3.8, 4) is 0 Å². The van der Waals surface area contributed by atoms with E-state index < -0.39 is 0 Å². The van der Waals surface area contributed by atoms with Crippen molar-refractivity contribution in [1.82, 2.24) is 0 Å². The van der Waals surface area contributed by atoms with Gasteiger partial charge in [0.1, 0.15) is 11.2 Å². The first kappa shape index (κ1) is 34.6. The number of thiophene rings is 1. The number of benzene rings is 9. The molecule has 5 heteroatoms. The highest BCUT2D eigenvalue weighted by molar-refractivity contribution is 7.26. The quantitative estimate of drug-likeness (QED) is 0.146. The van der Waals surface area contributed by atoms with E-state index in [1.54, 1.807) is 0 Å². The van der Waals surface area contributed by atoms with Crippen LogP contribution in [0.2, 0.25) is 0 Å². The van der Waals surface area contributed by atoms with Gasteiger partial charge in [0.15, 0.2) is 0 Å². The average Bonchev–Trinajstić information content (AvgIpc) is 3.87. The van der Waals surface area contributed by atoms with Crippen LogP contribution in [0.4, 0.5) is 51.2 Å². The van der Waals surface area contributed by atoms with Crippen LogP contribution >= 0.6 is 11.3 Å². The standard InChI is InChI=1S/C54H37N3OS/c1-6-19-38(20-7-1)55(39-21-8-2-9-22-39)43-33-34-47-50(36-43)58-51-37-44(56(40-23-10-3-11-24-40)41-25-12-4-13-26-41)35-49(53(47)51)57(42-27-14-5-15-28-42)48-31-18-30-46-45-29-16-17-32-52(45)59-54(46)48/h1-37H. The zero-order chi connectivity index (χ0) is 39.1. The van der Waals surface area contributed by atoms with Gasteiger partial charge in [-0.15, -0.1) is 11.3 Å². The van der Waals surface area contributed by atoms with E-state index in [9.17, 15) is 0 Å². The van der Waals surface area contributed by atoms with Crippen LogP contribution in [0, 0.1) is 0 Å². The van der Waals surface area contributed by atoms with Crippen molar-refractivity contribution in [2.45, 2.75) is 0 Å². The van der Waals surface area contributed by atoms with Gasteiger partial charge in [0.05, 0.1) is 27.1 Å². The topological polar surface area (TPSA) is 22.9 Å². The molecular formula is C54H37N3OS. The van der Waals surface area contributed by atoms with Gasteiger partial charge in [-0.3, -0.25) is 0 Å². The van der Waals surface area contributed by atoms with E-state index in [-0.39, 0.29) is 0 Å². The molecule has 9 aromatic carbocycles. The van der Waals surface area contributed by atoms with Gasteiger partial charge in [-0.05, 0) is 91.0 Å². The smallest absolute Gasteiger partial charge is 0.139 e. The summed E-state index contributed by atoms with van der Waals surface area (Å²) in [6.07, 6.45) is 0. The lowest BCUT2D eigenvalue weighted by atomic mass is 10.0. The fourth-order valence-corrected chi connectivity index (χ4v) is 9.61. The normalized spacial score (nSPS) is 11.4. The van der Waals surface area contributed by atoms with Crippen LogP contribution in [-0.4, -0.2) is 0 Å². The van der Waals surface area contributed by atoms with Crippen molar-refractivity contribution >= 4 is 105 Å². The summed E-state index contributed by atoms with van der Waals surface area (Å²) in [6.45, 7) is 0. The predicted molar refractivity (Wildman–Crippen MR) is 251 cm³/mol. The van der Waals surface area contributed by atoms with Crippen molar-refractivity contribution < 1.29 is 4.42 Å². The third kappa shape index (κ3) is 6.16. The maximum atomic E-state index is 7.10. The van der Waals surface area contributed by atoms with E-state index in [1.165, 1.54) is 20.2 Å². The zero-order valence-electron chi connectivity index (χ0n) is 32.0. The van der Waals surface area contributed by atoms with Gasteiger partial charge >= 0.3 is 0 Å². The van der Waals surface area contributed by atoms with Crippen LogP contribution in [0.5, 0.6) is 0 Å². The molecule has 0 bridgehead atoms. The molecule has 2 aromatic heterocycles. The molecule has 0 atom stereocenters. The average molecular weight is 776 g/mol. The van der Waals surface area contributed by atoms with Crippen molar-refractivity contribution in [3.05, 3.63) is 224 Å². The second-order valence-electron chi connectivity index (χ2n) is 14.6. The fourth-order valence-electron chi connectivity index (χ4n) is 8.40. The van der Waals surface area contributed by atoms with Gasteiger partial charge in [0.2, 0.25) is 0 Å². The second-order valence-corrected chi connectivity index (χ2v) is 15.6. The Labute approximate surface area is 346 Å². The van der Waals surface area contributed by atoms with Gasteiger partial charge in [0.25, 0.3) is 0 Å². The number of fused-ring (bicyclic) bond motifs is 6. The van der Waals surface area contributed by atoms with E-state index in [1.807, 2.05) is 11.3 Å². The van der Waals surface area contributed by atoms with Gasteiger partial charge in [-0.25, -0.2) is 0 Å². The summed E-state index contributed by atoms with van der Waals surface area (Å²) in [5.41, 5.74) is 11.1. The van der Waals surface area contributed by atoms with E-state index in [4.69, 9.17) is 4.42 Å². The minimum Gasteiger partial charge on any atom is -0.456 e. The van der Waals surface area contributed by atoms with Crippen molar-refractivity contribution in [2.75, 3.05) is 14.7 Å². The summed E-state index contributed by atoms with van der Waals surface area (Å²) in [4.78, 5) is 7.03. The largest absolute Gasteiger partial charge is 0.456 e. The van der Waals surface area contributed by atoms with Gasteiger partial charge in [-0.1, -0.05) is 121 Å². The SMILES string of the molecule is c1ccc(N(c2ccccc2)c2ccc3c(c2)oc2cc(N(c4ccccc4)c4ccccc4)cc(N(c4ccccc4)c4cccc5c4sc4ccccc45)c23)cc1. The minimum atomic E-state index is 0.803. The number of anilines is 9. The molecule has 2 heterocycles. The fraction of sp³-hybridized carbons (Fsp3) is 0. The Hall–Kier alpha value is -7.60. The van der Waals surface area contributed by atoms with E-state index in [0.29, 0.717) is 0 Å². The molecule has 0 N–H and O–H groups in total. The van der Waals surface area contributed by atoms with Crippen LogP contribution in [0.25, 0.3) is 42.1 Å². The molecule has 0 amide bonds. The summed E-state index contributed by atoms with van der Waals surface area (Å²) in [6, 6.07) is 79.5. The van der Waals surface area contributed by atoms with Crippen molar-refractivity contribution in [1.29, 1.82) is 0 Å². The third-order valence-electron chi connectivity index (χ3n) is 11.0. The highest BCUT2D eigenvalue weighted by atomic mass is 32.1. The molecule has 11 aromatic rings. The van der Waals surface area contributed by atoms with Crippen LogP contribution in [0.15, 0.2) is 229 Å². The molecule has 59 heavy (non-hydrogen) atoms. The maximum Gasteiger partial charge on any atom is 0.139 e. The Morgan fingerprint density at radius 1 is 0.305 bits per heavy atom. The molecule has 4 nitrogen and oxygen atoms in total. The van der Waals surface area contributed by atoms with Gasteiger partial charge in [-0.2, -0.15) is 0 Å². The number of nitrogens with zero attached hydrogens (tertiary/aromatic N) is 3. The Kier molecular flexibility index (Phi) is 8.64. The number of hydrogen-bond acceptors (Lipinski definition) is 5. The summed E-state index contributed by atoms with van der Waals surface area (Å²) >= 11 is 1.84. The minimum absolute atomic E-state index is 0.803. The molecule has 0 saturated heterocycles. The Bertz CT molecular complexity index is 3140. The van der Waals surface area contributed by atoms with Crippen LogP contribution in [0.3, 0.4) is 0 Å². The summed E-state index contributed by atoms with van der Waals surface area (Å²) in [5.74, 6) is 0. The highest BCUT2D eigenvalue weighted by Gasteiger charge is 2.26. The Morgan fingerprint density at radius 2 is 0.780 bits per heavy atom. The molecule has 280 valence electrons. The molecule has 0 saturated carbocycles. The molecule has 11 rings (SSSR count). The third-order valence-corrected chi connectivity index (χ3v) is 12.2. The van der Waals surface area contributed by atoms with Crippen LogP contribution in [0.1, 0.15) is 0 Å². The first-order valence-electron chi connectivity index (χ1n) is 19.8. The summed E-state index contributed by atoms with van der Waals surface area (Å²) in [5, 5.41) is 4.60. The number of furan rings is 1. The molecule has 0 unspecified atom stereocenters. The van der Waals surface area contributed by atoms with Crippen LogP contribution < -0.4 is 14.7 Å². The molecule has 0 spiro atoms. The lowest BCUT2D eigenvalue weighted by molar-refractivity contribution is 0.669. The molecule has 0 radical (unpaired) electrons. The van der Waals surface area contributed by atoms with Crippen LogP contribution in [-0.2, 0) is 0 Å². The highest BCUT2D eigenvalue weighted by Crippen LogP contribution is 2.51. The molecular weight excluding hydrogens is 739 g/mol. The predicted octanol–water partition coefficient (Wildman–Crippen LogP) is 16.4. The molecule has 0 fully saturated rings. The summed E-state index contributed by atoms with van der Waals surface area (Å²) in [7, 11) is 0. The maximum absolute atomic E-state index is 7.10. The van der Waals surface area contributed by atoms with Gasteiger partial charge in [0, 0.05) is 67.1 Å². The van der Waals surface area contributed by atoms with E-state index >= 15 is 0 Å². The zero-order valence-corrected chi connectivity index (χ0v) is 32.8. The Morgan fingerprint density at radius 3 is 1.36 bits per heavy atom. The Balaban J connectivity index is 1.22. The monoisotopic (exact) mass is 775 g/mol. The lowest BCUT2D eigenvalue weighted by Gasteiger charge is -2.30. The first-order chi connectivity index (χ1) is 29.3. The summed E-state index contributed by atoms with van der Waals surface area (Å²) < 4.78 is 9.60. The van der Waals surface area contributed by atoms with Gasteiger partial charge < -0.3 is 19.1 Å². The van der Waals surface area contributed by atoms with Crippen molar-refractivity contribution in [3.63, 3.8) is 0 Å².